The van der Waals surface area contributed by atoms with Crippen molar-refractivity contribution in [3.63, 3.8) is 0 Å². The lowest BCUT2D eigenvalue weighted by atomic mass is 10.2. The first-order chi connectivity index (χ1) is 7.04. The predicted molar refractivity (Wildman–Crippen MR) is 54.4 cm³/mol. The standard InChI is InChI=1S/C10H11N3O2/c1-6(2)12-10(15)9-7(5-11)3-4-8(14)13-9/h3-4,6H,1-2H3,(H,12,15)(H,13,14). The summed E-state index contributed by atoms with van der Waals surface area (Å²) >= 11 is 0. The molecule has 5 nitrogen and oxygen atoms in total. The fourth-order valence-electron chi connectivity index (χ4n) is 1.08. The van der Waals surface area contributed by atoms with Gasteiger partial charge in [-0.3, -0.25) is 9.59 Å². The van der Waals surface area contributed by atoms with E-state index in [9.17, 15) is 9.59 Å². The van der Waals surface area contributed by atoms with Crippen molar-refractivity contribution < 1.29 is 4.79 Å². The zero-order chi connectivity index (χ0) is 11.4. The van der Waals surface area contributed by atoms with Crippen molar-refractivity contribution in [2.24, 2.45) is 0 Å². The molecule has 5 heteroatoms. The molecule has 0 aromatic carbocycles. The topological polar surface area (TPSA) is 85.8 Å². The second-order valence-electron chi connectivity index (χ2n) is 3.35. The van der Waals surface area contributed by atoms with Crippen molar-refractivity contribution in [1.82, 2.24) is 10.3 Å². The fourth-order valence-corrected chi connectivity index (χ4v) is 1.08. The third-order valence-corrected chi connectivity index (χ3v) is 1.69. The molecule has 0 saturated heterocycles. The molecule has 0 atom stereocenters. The van der Waals surface area contributed by atoms with Crippen LogP contribution in [0, 0.1) is 11.3 Å². The Morgan fingerprint density at radius 2 is 2.20 bits per heavy atom. The molecule has 1 aromatic rings. The zero-order valence-corrected chi connectivity index (χ0v) is 8.50. The van der Waals surface area contributed by atoms with Gasteiger partial charge in [-0.15, -0.1) is 0 Å². The third-order valence-electron chi connectivity index (χ3n) is 1.69. The monoisotopic (exact) mass is 205 g/mol. The smallest absolute Gasteiger partial charge is 0.269 e. The molecule has 0 unspecified atom stereocenters. The van der Waals surface area contributed by atoms with Crippen LogP contribution in [0.4, 0.5) is 0 Å². The maximum atomic E-state index is 11.6. The van der Waals surface area contributed by atoms with Gasteiger partial charge in [-0.2, -0.15) is 5.26 Å². The summed E-state index contributed by atoms with van der Waals surface area (Å²) in [6.45, 7) is 3.59. The number of nitrogens with one attached hydrogen (secondary N) is 2. The van der Waals surface area contributed by atoms with Gasteiger partial charge < -0.3 is 10.3 Å². The number of rotatable bonds is 2. The molecule has 0 saturated carbocycles. The normalized spacial score (nSPS) is 9.73. The van der Waals surface area contributed by atoms with Gasteiger partial charge >= 0.3 is 0 Å². The lowest BCUT2D eigenvalue weighted by Gasteiger charge is -2.08. The second kappa shape index (κ2) is 4.42. The van der Waals surface area contributed by atoms with Crippen LogP contribution in [0.5, 0.6) is 0 Å². The van der Waals surface area contributed by atoms with Crippen LogP contribution < -0.4 is 10.9 Å². The van der Waals surface area contributed by atoms with E-state index in [0.29, 0.717) is 0 Å². The largest absolute Gasteiger partial charge is 0.349 e. The number of carbonyl (C=O) groups is 1. The summed E-state index contributed by atoms with van der Waals surface area (Å²) in [6.07, 6.45) is 0. The van der Waals surface area contributed by atoms with Gasteiger partial charge in [0.25, 0.3) is 5.91 Å². The van der Waals surface area contributed by atoms with Gasteiger partial charge in [-0.1, -0.05) is 0 Å². The Balaban J connectivity index is 3.13. The second-order valence-corrected chi connectivity index (χ2v) is 3.35. The maximum Gasteiger partial charge on any atom is 0.269 e. The Bertz CT molecular complexity index is 468. The van der Waals surface area contributed by atoms with Gasteiger partial charge in [0, 0.05) is 12.1 Å². The Kier molecular flexibility index (Phi) is 3.24. The van der Waals surface area contributed by atoms with Gasteiger partial charge in [0.1, 0.15) is 11.8 Å². The van der Waals surface area contributed by atoms with Crippen LogP contribution in [0.25, 0.3) is 0 Å². The summed E-state index contributed by atoms with van der Waals surface area (Å²) < 4.78 is 0. The zero-order valence-electron chi connectivity index (χ0n) is 8.50. The maximum absolute atomic E-state index is 11.6. The van der Waals surface area contributed by atoms with Crippen LogP contribution in [-0.2, 0) is 0 Å². The van der Waals surface area contributed by atoms with Crippen molar-refractivity contribution in [3.8, 4) is 6.07 Å². The number of nitriles is 1. The molecule has 78 valence electrons. The van der Waals surface area contributed by atoms with Crippen molar-refractivity contribution in [2.45, 2.75) is 19.9 Å². The number of carbonyl (C=O) groups excluding carboxylic acids is 1. The van der Waals surface area contributed by atoms with Gasteiger partial charge in [-0.25, -0.2) is 0 Å². The summed E-state index contributed by atoms with van der Waals surface area (Å²) in [4.78, 5) is 24.9. The quantitative estimate of drug-likeness (QED) is 0.732. The third kappa shape index (κ3) is 2.68. The van der Waals surface area contributed by atoms with E-state index in [2.05, 4.69) is 10.3 Å². The Labute approximate surface area is 86.7 Å². The molecule has 0 aliphatic carbocycles. The van der Waals surface area contributed by atoms with E-state index in [1.165, 1.54) is 12.1 Å². The molecule has 0 bridgehead atoms. The Hall–Kier alpha value is -2.09. The van der Waals surface area contributed by atoms with E-state index < -0.39 is 11.5 Å². The Morgan fingerprint density at radius 3 is 2.73 bits per heavy atom. The van der Waals surface area contributed by atoms with Crippen molar-refractivity contribution >= 4 is 5.91 Å². The molecule has 0 radical (unpaired) electrons. The first kappa shape index (κ1) is 11.0. The molecule has 0 spiro atoms. The van der Waals surface area contributed by atoms with Gasteiger partial charge in [0.15, 0.2) is 0 Å². The van der Waals surface area contributed by atoms with E-state index in [-0.39, 0.29) is 17.3 Å². The van der Waals surface area contributed by atoms with Crippen LogP contribution in [0.15, 0.2) is 16.9 Å². The van der Waals surface area contributed by atoms with E-state index in [1.54, 1.807) is 13.8 Å². The average molecular weight is 205 g/mol. The molecule has 1 amide bonds. The summed E-state index contributed by atoms with van der Waals surface area (Å²) in [5.41, 5.74) is -0.227. The highest BCUT2D eigenvalue weighted by Gasteiger charge is 2.12. The van der Waals surface area contributed by atoms with E-state index >= 15 is 0 Å². The average Bonchev–Trinajstić information content (AvgIpc) is 2.16. The van der Waals surface area contributed by atoms with Crippen LogP contribution >= 0.6 is 0 Å². The van der Waals surface area contributed by atoms with E-state index in [1.807, 2.05) is 6.07 Å². The Morgan fingerprint density at radius 1 is 1.53 bits per heavy atom. The molecular formula is C10H11N3O2. The fraction of sp³-hybridized carbons (Fsp3) is 0.300. The van der Waals surface area contributed by atoms with E-state index in [0.717, 1.165) is 0 Å². The summed E-state index contributed by atoms with van der Waals surface area (Å²) in [5.74, 6) is -0.445. The molecule has 0 fully saturated rings. The highest BCUT2D eigenvalue weighted by molar-refractivity contribution is 5.94. The number of amides is 1. The first-order valence-corrected chi connectivity index (χ1v) is 4.49. The molecule has 0 aliphatic rings. The summed E-state index contributed by atoms with van der Waals surface area (Å²) in [6, 6.07) is 4.34. The minimum Gasteiger partial charge on any atom is -0.349 e. The van der Waals surface area contributed by atoms with Crippen LogP contribution in [0.3, 0.4) is 0 Å². The number of nitrogens with zero attached hydrogens (tertiary/aromatic N) is 1. The van der Waals surface area contributed by atoms with Crippen LogP contribution in [0.1, 0.15) is 29.9 Å². The SMILES string of the molecule is CC(C)NC(=O)c1[nH]c(=O)ccc1C#N. The lowest BCUT2D eigenvalue weighted by molar-refractivity contribution is 0.0937. The number of pyridine rings is 1. The highest BCUT2D eigenvalue weighted by Crippen LogP contribution is 2.01. The number of hydrogen-bond acceptors (Lipinski definition) is 3. The number of aromatic amines is 1. The van der Waals surface area contributed by atoms with Crippen LogP contribution in [-0.4, -0.2) is 16.9 Å². The minimum absolute atomic E-state index is 0.0127. The first-order valence-electron chi connectivity index (χ1n) is 4.49. The number of aromatic nitrogens is 1. The van der Waals surface area contributed by atoms with Gasteiger partial charge in [-0.05, 0) is 19.9 Å². The van der Waals surface area contributed by atoms with Crippen molar-refractivity contribution in [1.29, 1.82) is 5.26 Å². The summed E-state index contributed by atoms with van der Waals surface area (Å²) in [5, 5.41) is 11.3. The lowest BCUT2D eigenvalue weighted by Crippen LogP contribution is -2.32. The van der Waals surface area contributed by atoms with Crippen molar-refractivity contribution in [2.75, 3.05) is 0 Å². The number of H-pyrrole nitrogens is 1. The molecule has 1 aromatic heterocycles. The predicted octanol–water partition coefficient (Wildman–Crippen LogP) is 0.385. The van der Waals surface area contributed by atoms with Gasteiger partial charge in [0.2, 0.25) is 5.56 Å². The number of hydrogen-bond donors (Lipinski definition) is 2. The molecular weight excluding hydrogens is 194 g/mol. The molecule has 0 aliphatic heterocycles. The van der Waals surface area contributed by atoms with Gasteiger partial charge in [0.05, 0.1) is 5.56 Å². The minimum atomic E-state index is -0.445. The molecule has 15 heavy (non-hydrogen) atoms. The molecule has 1 rings (SSSR count). The van der Waals surface area contributed by atoms with E-state index in [4.69, 9.17) is 5.26 Å². The highest BCUT2D eigenvalue weighted by atomic mass is 16.2. The van der Waals surface area contributed by atoms with Crippen molar-refractivity contribution in [3.05, 3.63) is 33.7 Å². The molecule has 1 heterocycles. The molecule has 2 N–H and O–H groups in total. The van der Waals surface area contributed by atoms with Crippen LogP contribution in [0.2, 0.25) is 0 Å². The summed E-state index contributed by atoms with van der Waals surface area (Å²) in [7, 11) is 0.